The molecule has 0 saturated carbocycles. The molecule has 2 aromatic rings. The van der Waals surface area contributed by atoms with E-state index in [-0.39, 0.29) is 23.4 Å². The number of pyridine rings is 1. The summed E-state index contributed by atoms with van der Waals surface area (Å²) in [6.45, 7) is 1.32. The molecular weight excluding hydrogens is 220 g/mol. The fourth-order valence-corrected chi connectivity index (χ4v) is 1.24. The quantitative estimate of drug-likeness (QED) is 0.842. The highest BCUT2D eigenvalue weighted by molar-refractivity contribution is 5.88. The summed E-state index contributed by atoms with van der Waals surface area (Å²) < 4.78 is 5.27. The molecule has 0 fully saturated rings. The lowest BCUT2D eigenvalue weighted by Gasteiger charge is -1.95. The summed E-state index contributed by atoms with van der Waals surface area (Å²) in [7, 11) is 0. The third-order valence-electron chi connectivity index (χ3n) is 1.91. The van der Waals surface area contributed by atoms with Crippen molar-refractivity contribution in [2.75, 3.05) is 5.32 Å². The van der Waals surface area contributed by atoms with Crippen molar-refractivity contribution in [1.29, 1.82) is 5.26 Å². The molecule has 1 amide bonds. The van der Waals surface area contributed by atoms with Crippen LogP contribution in [0.25, 0.3) is 11.6 Å². The Morgan fingerprint density at radius 2 is 2.35 bits per heavy atom. The van der Waals surface area contributed by atoms with Gasteiger partial charge in [0.15, 0.2) is 0 Å². The van der Waals surface area contributed by atoms with Crippen molar-refractivity contribution in [2.45, 2.75) is 6.92 Å². The highest BCUT2D eigenvalue weighted by atomic mass is 16.4. The van der Waals surface area contributed by atoms with Gasteiger partial charge in [-0.3, -0.25) is 15.1 Å². The predicted molar refractivity (Wildman–Crippen MR) is 58.8 cm³/mol. The molecule has 1 N–H and O–H groups in total. The van der Waals surface area contributed by atoms with Crippen LogP contribution in [0.15, 0.2) is 28.8 Å². The number of carbonyl (C=O) groups excluding carboxylic acids is 1. The highest BCUT2D eigenvalue weighted by Gasteiger charge is 2.15. The van der Waals surface area contributed by atoms with Gasteiger partial charge in [0.05, 0.1) is 0 Å². The Balaban J connectivity index is 2.42. The van der Waals surface area contributed by atoms with E-state index in [1.165, 1.54) is 6.92 Å². The minimum Gasteiger partial charge on any atom is -0.417 e. The maximum Gasteiger partial charge on any atom is 0.248 e. The Morgan fingerprint density at radius 3 is 2.94 bits per heavy atom. The Kier molecular flexibility index (Phi) is 2.83. The van der Waals surface area contributed by atoms with Crippen molar-refractivity contribution in [3.63, 3.8) is 0 Å². The van der Waals surface area contributed by atoms with Gasteiger partial charge in [-0.05, 0) is 12.1 Å². The molecule has 0 aliphatic rings. The number of oxazole rings is 1. The van der Waals surface area contributed by atoms with Crippen LogP contribution in [-0.4, -0.2) is 15.9 Å². The smallest absolute Gasteiger partial charge is 0.248 e. The average Bonchev–Trinajstić information content (AvgIpc) is 2.72. The topological polar surface area (TPSA) is 91.8 Å². The predicted octanol–water partition coefficient (Wildman–Crippen LogP) is 1.57. The summed E-state index contributed by atoms with van der Waals surface area (Å²) in [6.07, 6.45) is 1.59. The van der Waals surface area contributed by atoms with Gasteiger partial charge in [0.2, 0.25) is 23.4 Å². The van der Waals surface area contributed by atoms with Gasteiger partial charge in [-0.25, -0.2) is 0 Å². The van der Waals surface area contributed by atoms with E-state index in [1.54, 1.807) is 24.4 Å². The van der Waals surface area contributed by atoms with E-state index in [2.05, 4.69) is 15.3 Å². The van der Waals surface area contributed by atoms with Crippen LogP contribution in [0.5, 0.6) is 0 Å². The molecule has 2 heterocycles. The molecule has 6 heteroatoms. The summed E-state index contributed by atoms with van der Waals surface area (Å²) in [4.78, 5) is 18.9. The minimum atomic E-state index is -0.328. The van der Waals surface area contributed by atoms with Gasteiger partial charge in [-0.2, -0.15) is 10.2 Å². The number of carbonyl (C=O) groups is 1. The van der Waals surface area contributed by atoms with Crippen molar-refractivity contribution < 1.29 is 9.21 Å². The summed E-state index contributed by atoms with van der Waals surface area (Å²) in [5, 5.41) is 11.2. The van der Waals surface area contributed by atoms with Crippen molar-refractivity contribution in [3.8, 4) is 17.7 Å². The summed E-state index contributed by atoms with van der Waals surface area (Å²) in [5.41, 5.74) is 0.529. The molecule has 2 aromatic heterocycles. The van der Waals surface area contributed by atoms with E-state index >= 15 is 0 Å². The first-order chi connectivity index (χ1) is 8.20. The van der Waals surface area contributed by atoms with Crippen molar-refractivity contribution in [3.05, 3.63) is 30.1 Å². The van der Waals surface area contributed by atoms with Crippen molar-refractivity contribution in [1.82, 2.24) is 9.97 Å². The van der Waals surface area contributed by atoms with Crippen LogP contribution in [0.2, 0.25) is 0 Å². The lowest BCUT2D eigenvalue weighted by atomic mass is 10.3. The minimum absolute atomic E-state index is 0.0286. The third kappa shape index (κ3) is 2.29. The van der Waals surface area contributed by atoms with Gasteiger partial charge in [-0.1, -0.05) is 6.07 Å². The first-order valence-corrected chi connectivity index (χ1v) is 4.80. The molecule has 0 aromatic carbocycles. The van der Waals surface area contributed by atoms with Crippen molar-refractivity contribution in [2.24, 2.45) is 0 Å². The maximum atomic E-state index is 10.9. The number of hydrogen-bond donors (Lipinski definition) is 1. The van der Waals surface area contributed by atoms with Crippen LogP contribution in [0.4, 0.5) is 5.88 Å². The highest BCUT2D eigenvalue weighted by Crippen LogP contribution is 2.23. The van der Waals surface area contributed by atoms with Crippen LogP contribution in [0.3, 0.4) is 0 Å². The molecule has 17 heavy (non-hydrogen) atoms. The Morgan fingerprint density at radius 1 is 1.53 bits per heavy atom. The van der Waals surface area contributed by atoms with E-state index in [0.29, 0.717) is 5.69 Å². The first kappa shape index (κ1) is 10.8. The second-order valence-corrected chi connectivity index (χ2v) is 3.20. The lowest BCUT2D eigenvalue weighted by Crippen LogP contribution is -2.05. The molecule has 0 atom stereocenters. The van der Waals surface area contributed by atoms with Crippen molar-refractivity contribution >= 4 is 11.8 Å². The fraction of sp³-hybridized carbons (Fsp3) is 0.0909. The molecule has 2 rings (SSSR count). The van der Waals surface area contributed by atoms with Crippen LogP contribution in [0, 0.1) is 11.3 Å². The molecule has 0 aliphatic carbocycles. The Hall–Kier alpha value is -2.68. The molecule has 0 bridgehead atoms. The molecule has 84 valence electrons. The molecule has 0 radical (unpaired) electrons. The van der Waals surface area contributed by atoms with Gasteiger partial charge < -0.3 is 4.42 Å². The molecule has 0 saturated heterocycles. The van der Waals surface area contributed by atoms with Gasteiger partial charge in [-0.15, -0.1) is 0 Å². The lowest BCUT2D eigenvalue weighted by molar-refractivity contribution is -0.114. The molecular formula is C11H8N4O2. The van der Waals surface area contributed by atoms with E-state index in [9.17, 15) is 4.79 Å². The van der Waals surface area contributed by atoms with Crippen LogP contribution < -0.4 is 5.32 Å². The Labute approximate surface area is 96.9 Å². The van der Waals surface area contributed by atoms with E-state index < -0.39 is 0 Å². The fourth-order valence-electron chi connectivity index (χ4n) is 1.24. The SMILES string of the molecule is CC(=O)Nc1oc(-c2ccccn2)nc1C#N. The van der Waals surface area contributed by atoms with Gasteiger partial charge in [0, 0.05) is 13.1 Å². The summed E-state index contributed by atoms with van der Waals surface area (Å²) in [5.74, 6) is -0.0863. The van der Waals surface area contributed by atoms with Gasteiger partial charge in [0.25, 0.3) is 0 Å². The standard InChI is InChI=1S/C11H8N4O2/c1-7(16)14-11-9(6-12)15-10(17-11)8-4-2-3-5-13-8/h2-5H,1H3,(H,14,16). The second kappa shape index (κ2) is 4.45. The number of nitrogens with one attached hydrogen (secondary N) is 1. The average molecular weight is 228 g/mol. The number of nitrogens with zero attached hydrogens (tertiary/aromatic N) is 3. The van der Waals surface area contributed by atoms with Gasteiger partial charge in [0.1, 0.15) is 11.8 Å². The number of rotatable bonds is 2. The van der Waals surface area contributed by atoms with E-state index in [1.807, 2.05) is 6.07 Å². The Bertz CT molecular complexity index is 583. The van der Waals surface area contributed by atoms with Crippen LogP contribution >= 0.6 is 0 Å². The number of hydrogen-bond acceptors (Lipinski definition) is 5. The van der Waals surface area contributed by atoms with Gasteiger partial charge >= 0.3 is 0 Å². The zero-order valence-corrected chi connectivity index (χ0v) is 8.97. The van der Waals surface area contributed by atoms with E-state index in [0.717, 1.165) is 0 Å². The van der Waals surface area contributed by atoms with Crippen LogP contribution in [-0.2, 0) is 4.79 Å². The molecule has 0 aliphatic heterocycles. The maximum absolute atomic E-state index is 10.9. The first-order valence-electron chi connectivity index (χ1n) is 4.80. The summed E-state index contributed by atoms with van der Waals surface area (Å²) in [6, 6.07) is 7.07. The monoisotopic (exact) mass is 228 g/mol. The normalized spacial score (nSPS) is 9.65. The molecule has 0 unspecified atom stereocenters. The summed E-state index contributed by atoms with van der Waals surface area (Å²) >= 11 is 0. The number of aromatic nitrogens is 2. The third-order valence-corrected chi connectivity index (χ3v) is 1.91. The number of amides is 1. The molecule has 6 nitrogen and oxygen atoms in total. The van der Waals surface area contributed by atoms with E-state index in [4.69, 9.17) is 9.68 Å². The number of anilines is 1. The molecule has 0 spiro atoms. The zero-order valence-electron chi connectivity index (χ0n) is 8.97. The van der Waals surface area contributed by atoms with Crippen LogP contribution in [0.1, 0.15) is 12.6 Å². The largest absolute Gasteiger partial charge is 0.417 e. The second-order valence-electron chi connectivity index (χ2n) is 3.20. The number of nitriles is 1. The zero-order chi connectivity index (χ0) is 12.3.